The van der Waals surface area contributed by atoms with Gasteiger partial charge in [0.25, 0.3) is 5.91 Å². The van der Waals surface area contributed by atoms with Gasteiger partial charge in [-0.05, 0) is 43.0 Å². The first-order valence-electron chi connectivity index (χ1n) is 11.2. The fourth-order valence-corrected chi connectivity index (χ4v) is 3.29. The molecule has 0 unspecified atom stereocenters. The summed E-state index contributed by atoms with van der Waals surface area (Å²) in [4.78, 5) is 26.4. The molecule has 0 saturated carbocycles. The number of rotatable bonds is 10. The average molecular weight is 444 g/mol. The van der Waals surface area contributed by atoms with Gasteiger partial charge in [0, 0.05) is 26.0 Å². The van der Waals surface area contributed by atoms with Crippen LogP contribution in [0.15, 0.2) is 24.3 Å². The normalized spacial score (nSPS) is 11.5. The third-order valence-electron chi connectivity index (χ3n) is 5.19. The Bertz CT molecular complexity index is 928. The first-order valence-corrected chi connectivity index (χ1v) is 11.2. The van der Waals surface area contributed by atoms with Gasteiger partial charge < -0.3 is 9.47 Å². The zero-order valence-corrected chi connectivity index (χ0v) is 20.5. The minimum atomic E-state index is -0.370. The van der Waals surface area contributed by atoms with Crippen LogP contribution in [-0.2, 0) is 28.4 Å². The summed E-state index contributed by atoms with van der Waals surface area (Å²) < 4.78 is 13.0. The summed E-state index contributed by atoms with van der Waals surface area (Å²) in [7, 11) is 1.72. The Hall–Kier alpha value is -2.67. The molecule has 7 heteroatoms. The van der Waals surface area contributed by atoms with E-state index in [2.05, 4.69) is 18.1 Å². The molecule has 7 nitrogen and oxygen atoms in total. The van der Waals surface area contributed by atoms with E-state index in [1.807, 2.05) is 39.8 Å². The van der Waals surface area contributed by atoms with Crippen molar-refractivity contribution in [3.8, 4) is 5.75 Å². The summed E-state index contributed by atoms with van der Waals surface area (Å²) in [6, 6.07) is 7.80. The number of hydrogen-bond donors (Lipinski definition) is 0. The predicted molar refractivity (Wildman–Crippen MR) is 125 cm³/mol. The molecule has 1 heterocycles. The molecule has 0 spiro atoms. The highest BCUT2D eigenvalue weighted by molar-refractivity contribution is 6.03. The van der Waals surface area contributed by atoms with Crippen molar-refractivity contribution in [3.63, 3.8) is 0 Å². The van der Waals surface area contributed by atoms with Gasteiger partial charge in [-0.2, -0.15) is 5.10 Å². The summed E-state index contributed by atoms with van der Waals surface area (Å²) >= 11 is 0. The number of aryl methyl sites for hydroxylation is 2. The smallest absolute Gasteiger partial charge is 0.278 e. The number of benzene rings is 1. The van der Waals surface area contributed by atoms with Crippen molar-refractivity contribution in [2.24, 2.45) is 7.05 Å². The van der Waals surface area contributed by atoms with Crippen molar-refractivity contribution in [2.75, 3.05) is 26.4 Å². The third kappa shape index (κ3) is 6.92. The zero-order chi connectivity index (χ0) is 23.9. The van der Waals surface area contributed by atoms with Crippen LogP contribution < -0.4 is 4.74 Å². The van der Waals surface area contributed by atoms with E-state index in [1.54, 1.807) is 13.1 Å². The monoisotopic (exact) mass is 443 g/mol. The van der Waals surface area contributed by atoms with Crippen LogP contribution in [0.5, 0.6) is 5.75 Å². The topological polar surface area (TPSA) is 73.7 Å². The van der Waals surface area contributed by atoms with E-state index < -0.39 is 0 Å². The summed E-state index contributed by atoms with van der Waals surface area (Å²) in [6.07, 6.45) is 1.87. The molecule has 0 aliphatic rings. The molecular formula is C25H37N3O4. The Morgan fingerprint density at radius 1 is 1.12 bits per heavy atom. The number of aromatic nitrogens is 2. The standard InChI is InChI=1S/C25H37N3O4/c1-8-13-31-14-11-20-9-10-22(18(2)16-20)32-15-12-28(19(3)29)24(30)21-17-23(25(4,5)6)26-27(21)7/h9-10,16-17H,8,11-15H2,1-7H3. The van der Waals surface area contributed by atoms with Gasteiger partial charge in [-0.15, -0.1) is 0 Å². The molecule has 0 aliphatic heterocycles. The van der Waals surface area contributed by atoms with Crippen molar-refractivity contribution < 1.29 is 19.1 Å². The Morgan fingerprint density at radius 2 is 1.84 bits per heavy atom. The molecule has 32 heavy (non-hydrogen) atoms. The lowest BCUT2D eigenvalue weighted by molar-refractivity contribution is -0.126. The zero-order valence-electron chi connectivity index (χ0n) is 20.5. The number of nitrogens with zero attached hydrogens (tertiary/aromatic N) is 3. The molecule has 0 radical (unpaired) electrons. The molecule has 176 valence electrons. The summed E-state index contributed by atoms with van der Waals surface area (Å²) in [5.74, 6) is 0.0525. The lowest BCUT2D eigenvalue weighted by atomic mass is 9.92. The molecule has 0 fully saturated rings. The quantitative estimate of drug-likeness (QED) is 0.518. The fourth-order valence-electron chi connectivity index (χ4n) is 3.29. The molecule has 2 rings (SSSR count). The molecule has 1 aromatic carbocycles. The second-order valence-corrected chi connectivity index (χ2v) is 9.07. The fraction of sp³-hybridized carbons (Fsp3) is 0.560. The molecule has 0 atom stereocenters. The molecule has 1 aromatic heterocycles. The number of hydrogen-bond acceptors (Lipinski definition) is 5. The average Bonchev–Trinajstić information content (AvgIpc) is 3.11. The molecule has 0 bridgehead atoms. The summed E-state index contributed by atoms with van der Waals surface area (Å²) in [6.45, 7) is 13.4. The second-order valence-electron chi connectivity index (χ2n) is 9.07. The van der Waals surface area contributed by atoms with Gasteiger partial charge in [0.05, 0.1) is 18.8 Å². The molecule has 0 N–H and O–H groups in total. The molecule has 0 saturated heterocycles. The van der Waals surface area contributed by atoms with Crippen molar-refractivity contribution >= 4 is 11.8 Å². The Morgan fingerprint density at radius 3 is 2.41 bits per heavy atom. The van der Waals surface area contributed by atoms with Gasteiger partial charge in [-0.1, -0.05) is 39.8 Å². The minimum Gasteiger partial charge on any atom is -0.491 e. The highest BCUT2D eigenvalue weighted by Crippen LogP contribution is 2.22. The SMILES string of the molecule is CCCOCCc1ccc(OCCN(C(C)=O)C(=O)c2cc(C(C)(C)C)nn2C)c(C)c1. The maximum Gasteiger partial charge on any atom is 0.278 e. The minimum absolute atomic E-state index is 0.163. The lowest BCUT2D eigenvalue weighted by Gasteiger charge is -2.20. The van der Waals surface area contributed by atoms with Crippen LogP contribution in [0.25, 0.3) is 0 Å². The number of carbonyl (C=O) groups is 2. The van der Waals surface area contributed by atoms with Gasteiger partial charge >= 0.3 is 0 Å². The van der Waals surface area contributed by atoms with Gasteiger partial charge in [-0.3, -0.25) is 19.2 Å². The molecular weight excluding hydrogens is 406 g/mol. The van der Waals surface area contributed by atoms with Crippen LogP contribution in [0.3, 0.4) is 0 Å². The summed E-state index contributed by atoms with van der Waals surface area (Å²) in [5, 5.41) is 4.44. The number of ether oxygens (including phenoxy) is 2. The Kier molecular flexibility index (Phi) is 9.01. The van der Waals surface area contributed by atoms with Gasteiger partial charge in [0.15, 0.2) is 0 Å². The van der Waals surface area contributed by atoms with Crippen LogP contribution in [0.4, 0.5) is 0 Å². The van der Waals surface area contributed by atoms with Gasteiger partial charge in [0.1, 0.15) is 18.1 Å². The first kappa shape index (κ1) is 25.6. The predicted octanol–water partition coefficient (Wildman–Crippen LogP) is 4.06. The maximum atomic E-state index is 13.0. The second kappa shape index (κ2) is 11.3. The molecule has 0 aliphatic carbocycles. The highest BCUT2D eigenvalue weighted by atomic mass is 16.5. The maximum absolute atomic E-state index is 13.0. The van der Waals surface area contributed by atoms with E-state index >= 15 is 0 Å². The van der Waals surface area contributed by atoms with E-state index in [0.717, 1.165) is 36.5 Å². The number of imide groups is 1. The van der Waals surface area contributed by atoms with E-state index in [9.17, 15) is 9.59 Å². The Balaban J connectivity index is 1.99. The summed E-state index contributed by atoms with van der Waals surface area (Å²) in [5.41, 5.74) is 3.21. The van der Waals surface area contributed by atoms with E-state index in [-0.39, 0.29) is 30.4 Å². The van der Waals surface area contributed by atoms with Gasteiger partial charge in [-0.25, -0.2) is 0 Å². The van der Waals surface area contributed by atoms with Crippen LogP contribution in [0.2, 0.25) is 0 Å². The van der Waals surface area contributed by atoms with Gasteiger partial charge in [0.2, 0.25) is 5.91 Å². The van der Waals surface area contributed by atoms with Crippen LogP contribution >= 0.6 is 0 Å². The molecule has 2 aromatic rings. The third-order valence-corrected chi connectivity index (χ3v) is 5.19. The number of carbonyl (C=O) groups excluding carboxylic acids is 2. The van der Waals surface area contributed by atoms with E-state index in [4.69, 9.17) is 9.47 Å². The Labute approximate surface area is 191 Å². The van der Waals surface area contributed by atoms with Crippen molar-refractivity contribution in [2.45, 2.75) is 59.8 Å². The van der Waals surface area contributed by atoms with Crippen molar-refractivity contribution in [3.05, 3.63) is 46.8 Å². The van der Waals surface area contributed by atoms with E-state index in [0.29, 0.717) is 12.3 Å². The van der Waals surface area contributed by atoms with Crippen LogP contribution in [0.1, 0.15) is 68.3 Å². The van der Waals surface area contributed by atoms with Crippen LogP contribution in [0, 0.1) is 6.92 Å². The van der Waals surface area contributed by atoms with Crippen LogP contribution in [-0.4, -0.2) is 52.9 Å². The highest BCUT2D eigenvalue weighted by Gasteiger charge is 2.26. The lowest BCUT2D eigenvalue weighted by Crippen LogP contribution is -2.39. The van der Waals surface area contributed by atoms with Crippen molar-refractivity contribution in [1.29, 1.82) is 0 Å². The van der Waals surface area contributed by atoms with Crippen molar-refractivity contribution in [1.82, 2.24) is 14.7 Å². The first-order chi connectivity index (χ1) is 15.0. The number of amides is 2. The van der Waals surface area contributed by atoms with E-state index in [1.165, 1.54) is 22.1 Å². The molecule has 2 amide bonds. The largest absolute Gasteiger partial charge is 0.491 e.